The minimum Gasteiger partial charge on any atom is -0.469 e. The minimum absolute atomic E-state index is 0.125. The molecule has 0 aliphatic heterocycles. The third-order valence-electron chi connectivity index (χ3n) is 4.04. The SMILES string of the molecule is COC(=O)CCCCCNC(=O)c1cnn(-c2ccccn2)c1C(C)C. The summed E-state index contributed by atoms with van der Waals surface area (Å²) in [6, 6.07) is 5.60. The van der Waals surface area contributed by atoms with Gasteiger partial charge in [0.05, 0.1) is 24.6 Å². The van der Waals surface area contributed by atoms with Gasteiger partial charge in [-0.05, 0) is 30.9 Å². The van der Waals surface area contributed by atoms with Crippen LogP contribution in [0.15, 0.2) is 30.6 Å². The number of unbranched alkanes of at least 4 members (excludes halogenated alkanes) is 2. The number of rotatable bonds is 9. The third-order valence-corrected chi connectivity index (χ3v) is 4.04. The number of aromatic nitrogens is 3. The Balaban J connectivity index is 1.95. The molecule has 7 nitrogen and oxygen atoms in total. The van der Waals surface area contributed by atoms with Gasteiger partial charge in [-0.25, -0.2) is 9.67 Å². The molecule has 0 radical (unpaired) electrons. The molecule has 0 aliphatic rings. The summed E-state index contributed by atoms with van der Waals surface area (Å²) in [5.41, 5.74) is 1.41. The van der Waals surface area contributed by atoms with Crippen LogP contribution in [0.5, 0.6) is 0 Å². The van der Waals surface area contributed by atoms with Crippen molar-refractivity contribution in [3.8, 4) is 5.82 Å². The van der Waals surface area contributed by atoms with Crippen molar-refractivity contribution < 1.29 is 14.3 Å². The molecule has 7 heteroatoms. The van der Waals surface area contributed by atoms with Crippen LogP contribution in [0.3, 0.4) is 0 Å². The summed E-state index contributed by atoms with van der Waals surface area (Å²) in [6.45, 7) is 4.62. The van der Waals surface area contributed by atoms with Crippen molar-refractivity contribution in [3.05, 3.63) is 41.9 Å². The van der Waals surface area contributed by atoms with Gasteiger partial charge in [-0.2, -0.15) is 5.10 Å². The van der Waals surface area contributed by atoms with Crippen LogP contribution in [0.1, 0.15) is 61.5 Å². The Hall–Kier alpha value is -2.70. The zero-order valence-electron chi connectivity index (χ0n) is 15.6. The monoisotopic (exact) mass is 358 g/mol. The predicted octanol–water partition coefficient (Wildman–Crippen LogP) is 2.85. The first-order chi connectivity index (χ1) is 12.5. The van der Waals surface area contributed by atoms with E-state index >= 15 is 0 Å². The highest BCUT2D eigenvalue weighted by Gasteiger charge is 2.21. The molecule has 0 saturated carbocycles. The third kappa shape index (κ3) is 5.15. The molecule has 0 aromatic carbocycles. The summed E-state index contributed by atoms with van der Waals surface area (Å²) in [5, 5.41) is 7.29. The van der Waals surface area contributed by atoms with Gasteiger partial charge in [-0.3, -0.25) is 9.59 Å². The van der Waals surface area contributed by atoms with Gasteiger partial charge >= 0.3 is 5.97 Å². The highest BCUT2D eigenvalue weighted by Crippen LogP contribution is 2.22. The maximum Gasteiger partial charge on any atom is 0.305 e. The highest BCUT2D eigenvalue weighted by atomic mass is 16.5. The minimum atomic E-state index is -0.197. The van der Waals surface area contributed by atoms with Gasteiger partial charge < -0.3 is 10.1 Å². The molecule has 1 amide bonds. The number of hydrogen-bond acceptors (Lipinski definition) is 5. The van der Waals surface area contributed by atoms with Crippen LogP contribution in [0.25, 0.3) is 5.82 Å². The van der Waals surface area contributed by atoms with Crippen molar-refractivity contribution in [2.75, 3.05) is 13.7 Å². The van der Waals surface area contributed by atoms with Crippen molar-refractivity contribution in [2.24, 2.45) is 0 Å². The Labute approximate surface area is 153 Å². The van der Waals surface area contributed by atoms with E-state index in [2.05, 4.69) is 20.1 Å². The first-order valence-corrected chi connectivity index (χ1v) is 8.89. The summed E-state index contributed by atoms with van der Waals surface area (Å²) < 4.78 is 6.32. The normalized spacial score (nSPS) is 10.8. The Morgan fingerprint density at radius 3 is 2.69 bits per heavy atom. The molecule has 0 atom stereocenters. The molecule has 26 heavy (non-hydrogen) atoms. The van der Waals surface area contributed by atoms with Crippen LogP contribution in [0.4, 0.5) is 0 Å². The standard InChI is InChI=1S/C19H26N4O3/c1-14(2)18-15(13-22-23(18)16-9-6-8-11-20-16)19(25)21-12-7-4-5-10-17(24)26-3/h6,8-9,11,13-14H,4-5,7,10,12H2,1-3H3,(H,21,25). The van der Waals surface area contributed by atoms with Gasteiger partial charge in [0.2, 0.25) is 0 Å². The van der Waals surface area contributed by atoms with Crippen molar-refractivity contribution in [1.82, 2.24) is 20.1 Å². The lowest BCUT2D eigenvalue weighted by atomic mass is 10.1. The molecule has 140 valence electrons. The van der Waals surface area contributed by atoms with E-state index in [4.69, 9.17) is 0 Å². The first kappa shape index (κ1) is 19.6. The average molecular weight is 358 g/mol. The maximum absolute atomic E-state index is 12.5. The predicted molar refractivity (Wildman–Crippen MR) is 98.3 cm³/mol. The van der Waals surface area contributed by atoms with Crippen molar-refractivity contribution in [3.63, 3.8) is 0 Å². The van der Waals surface area contributed by atoms with E-state index in [-0.39, 0.29) is 17.8 Å². The highest BCUT2D eigenvalue weighted by molar-refractivity contribution is 5.95. The summed E-state index contributed by atoms with van der Waals surface area (Å²) in [5.74, 6) is 0.486. The number of nitrogens with one attached hydrogen (secondary N) is 1. The zero-order chi connectivity index (χ0) is 18.9. The second-order valence-electron chi connectivity index (χ2n) is 6.34. The maximum atomic E-state index is 12.5. The molecule has 0 unspecified atom stereocenters. The number of methoxy groups -OCH3 is 1. The molecule has 2 rings (SSSR count). The van der Waals surface area contributed by atoms with E-state index in [1.807, 2.05) is 32.0 Å². The fourth-order valence-electron chi connectivity index (χ4n) is 2.72. The Kier molecular flexibility index (Phi) is 7.32. The number of carbonyl (C=O) groups is 2. The average Bonchev–Trinajstić information content (AvgIpc) is 3.10. The molecule has 0 aliphatic carbocycles. The summed E-state index contributed by atoms with van der Waals surface area (Å²) >= 11 is 0. The molecule has 2 heterocycles. The van der Waals surface area contributed by atoms with E-state index in [0.717, 1.165) is 25.0 Å². The fraction of sp³-hybridized carbons (Fsp3) is 0.474. The van der Waals surface area contributed by atoms with Gasteiger partial charge in [-0.15, -0.1) is 0 Å². The quantitative estimate of drug-likeness (QED) is 0.550. The van der Waals surface area contributed by atoms with E-state index in [0.29, 0.717) is 24.3 Å². The lowest BCUT2D eigenvalue weighted by Crippen LogP contribution is -2.25. The molecule has 1 N–H and O–H groups in total. The van der Waals surface area contributed by atoms with Crippen LogP contribution in [0.2, 0.25) is 0 Å². The van der Waals surface area contributed by atoms with Crippen LogP contribution in [0, 0.1) is 0 Å². The van der Waals surface area contributed by atoms with Crippen molar-refractivity contribution in [1.29, 1.82) is 0 Å². The Bertz CT molecular complexity index is 726. The van der Waals surface area contributed by atoms with E-state index in [9.17, 15) is 9.59 Å². The molecule has 0 bridgehead atoms. The molecule has 2 aromatic rings. The molecule has 0 fully saturated rings. The number of esters is 1. The van der Waals surface area contributed by atoms with Crippen molar-refractivity contribution in [2.45, 2.75) is 45.4 Å². The molecule has 0 saturated heterocycles. The second-order valence-corrected chi connectivity index (χ2v) is 6.34. The largest absolute Gasteiger partial charge is 0.469 e. The van der Waals surface area contributed by atoms with Gasteiger partial charge in [0.25, 0.3) is 5.91 Å². The summed E-state index contributed by atoms with van der Waals surface area (Å²) in [6.07, 6.45) is 6.15. The van der Waals surface area contributed by atoms with E-state index in [1.165, 1.54) is 7.11 Å². The van der Waals surface area contributed by atoms with E-state index in [1.54, 1.807) is 17.1 Å². The van der Waals surface area contributed by atoms with Crippen LogP contribution in [-0.2, 0) is 9.53 Å². The number of pyridine rings is 1. The van der Waals surface area contributed by atoms with Crippen LogP contribution < -0.4 is 5.32 Å². The topological polar surface area (TPSA) is 86.1 Å². The van der Waals surface area contributed by atoms with Crippen LogP contribution in [-0.4, -0.2) is 40.3 Å². The number of carbonyl (C=O) groups excluding carboxylic acids is 2. The zero-order valence-corrected chi connectivity index (χ0v) is 15.6. The van der Waals surface area contributed by atoms with E-state index < -0.39 is 0 Å². The first-order valence-electron chi connectivity index (χ1n) is 8.89. The Morgan fingerprint density at radius 1 is 1.23 bits per heavy atom. The number of nitrogens with zero attached hydrogens (tertiary/aromatic N) is 3. The van der Waals surface area contributed by atoms with Gasteiger partial charge in [-0.1, -0.05) is 26.3 Å². The second kappa shape index (κ2) is 9.70. The van der Waals surface area contributed by atoms with Gasteiger partial charge in [0.15, 0.2) is 5.82 Å². The summed E-state index contributed by atoms with van der Waals surface area (Å²) in [4.78, 5) is 27.9. The van der Waals surface area contributed by atoms with Gasteiger partial charge in [0, 0.05) is 19.2 Å². The Morgan fingerprint density at radius 2 is 2.04 bits per heavy atom. The number of hydrogen-bond donors (Lipinski definition) is 1. The van der Waals surface area contributed by atoms with Crippen molar-refractivity contribution >= 4 is 11.9 Å². The number of ether oxygens (including phenoxy) is 1. The fourth-order valence-corrected chi connectivity index (χ4v) is 2.72. The summed E-state index contributed by atoms with van der Waals surface area (Å²) in [7, 11) is 1.39. The molecule has 2 aromatic heterocycles. The molecular weight excluding hydrogens is 332 g/mol. The smallest absolute Gasteiger partial charge is 0.305 e. The number of amides is 1. The lowest BCUT2D eigenvalue weighted by molar-refractivity contribution is -0.140. The molecular formula is C19H26N4O3. The van der Waals surface area contributed by atoms with Crippen LogP contribution >= 0.6 is 0 Å². The van der Waals surface area contributed by atoms with Gasteiger partial charge in [0.1, 0.15) is 0 Å². The molecule has 0 spiro atoms. The lowest BCUT2D eigenvalue weighted by Gasteiger charge is -2.12.